The topological polar surface area (TPSA) is 56.2 Å². The van der Waals surface area contributed by atoms with E-state index in [2.05, 4.69) is 43.7 Å². The van der Waals surface area contributed by atoms with Crippen LogP contribution in [0.4, 0.5) is 5.95 Å². The minimum Gasteiger partial charge on any atom is -0.487 e. The van der Waals surface area contributed by atoms with E-state index in [1.165, 1.54) is 21.8 Å². The summed E-state index contributed by atoms with van der Waals surface area (Å²) in [5.41, 5.74) is 4.55. The van der Waals surface area contributed by atoms with Crippen LogP contribution in [0.15, 0.2) is 66.0 Å². The smallest absolute Gasteiger partial charge is 0.254 e. The molecule has 0 amide bonds. The van der Waals surface area contributed by atoms with Gasteiger partial charge in [-0.2, -0.15) is 0 Å². The molecule has 0 fully saturated rings. The van der Waals surface area contributed by atoms with Crippen molar-refractivity contribution in [3.63, 3.8) is 0 Å². The highest BCUT2D eigenvalue weighted by Gasteiger charge is 2.09. The SMILES string of the molecule is C=C(Nc1nc(COc2ccc(CC(C)C)c(C)c2)cc(=O)n1C)c1ccccc1. The number of ether oxygens (including phenoxy) is 1. The number of anilines is 1. The number of benzene rings is 2. The highest BCUT2D eigenvalue weighted by Crippen LogP contribution is 2.21. The molecule has 2 aromatic carbocycles. The third-order valence-electron chi connectivity index (χ3n) is 4.90. The summed E-state index contributed by atoms with van der Waals surface area (Å²) in [6.07, 6.45) is 1.04. The summed E-state index contributed by atoms with van der Waals surface area (Å²) >= 11 is 0. The van der Waals surface area contributed by atoms with E-state index in [4.69, 9.17) is 4.74 Å². The average molecular weight is 404 g/mol. The predicted octanol–water partition coefficient (Wildman–Crippen LogP) is 4.95. The lowest BCUT2D eigenvalue weighted by Gasteiger charge is -2.14. The van der Waals surface area contributed by atoms with E-state index in [0.717, 1.165) is 17.7 Å². The van der Waals surface area contributed by atoms with E-state index in [1.807, 2.05) is 42.5 Å². The molecule has 0 aliphatic heterocycles. The summed E-state index contributed by atoms with van der Waals surface area (Å²) in [7, 11) is 1.68. The zero-order valence-electron chi connectivity index (χ0n) is 18.1. The monoisotopic (exact) mass is 403 g/mol. The maximum absolute atomic E-state index is 12.4. The van der Waals surface area contributed by atoms with Crippen LogP contribution >= 0.6 is 0 Å². The number of aryl methyl sites for hydroxylation is 1. The van der Waals surface area contributed by atoms with Crippen LogP contribution in [0.2, 0.25) is 0 Å². The first kappa shape index (κ1) is 21.4. The Morgan fingerprint density at radius 3 is 2.57 bits per heavy atom. The molecule has 1 aromatic heterocycles. The van der Waals surface area contributed by atoms with Crippen molar-refractivity contribution in [2.75, 3.05) is 5.32 Å². The van der Waals surface area contributed by atoms with Crippen molar-refractivity contribution in [1.29, 1.82) is 0 Å². The van der Waals surface area contributed by atoms with E-state index < -0.39 is 0 Å². The fraction of sp³-hybridized carbons (Fsp3) is 0.280. The zero-order valence-corrected chi connectivity index (χ0v) is 18.1. The van der Waals surface area contributed by atoms with Crippen molar-refractivity contribution in [3.05, 3.63) is 93.9 Å². The largest absolute Gasteiger partial charge is 0.487 e. The van der Waals surface area contributed by atoms with E-state index in [-0.39, 0.29) is 12.2 Å². The van der Waals surface area contributed by atoms with Gasteiger partial charge in [-0.15, -0.1) is 0 Å². The maximum Gasteiger partial charge on any atom is 0.254 e. The highest BCUT2D eigenvalue weighted by atomic mass is 16.5. The molecular weight excluding hydrogens is 374 g/mol. The van der Waals surface area contributed by atoms with Gasteiger partial charge in [-0.1, -0.05) is 56.8 Å². The summed E-state index contributed by atoms with van der Waals surface area (Å²) in [6, 6.07) is 17.3. The molecule has 30 heavy (non-hydrogen) atoms. The second-order valence-electron chi connectivity index (χ2n) is 7.91. The Hall–Kier alpha value is -3.34. The second-order valence-corrected chi connectivity index (χ2v) is 7.91. The minimum absolute atomic E-state index is 0.157. The van der Waals surface area contributed by atoms with Gasteiger partial charge in [-0.25, -0.2) is 4.98 Å². The molecule has 0 aliphatic carbocycles. The molecule has 1 heterocycles. The normalized spacial score (nSPS) is 10.8. The van der Waals surface area contributed by atoms with Gasteiger partial charge in [-0.05, 0) is 48.1 Å². The lowest BCUT2D eigenvalue weighted by atomic mass is 9.99. The van der Waals surface area contributed by atoms with Crippen molar-refractivity contribution in [1.82, 2.24) is 9.55 Å². The third-order valence-corrected chi connectivity index (χ3v) is 4.90. The van der Waals surface area contributed by atoms with Crippen molar-refractivity contribution >= 4 is 11.6 Å². The van der Waals surface area contributed by atoms with Gasteiger partial charge in [0.15, 0.2) is 0 Å². The molecule has 0 spiro atoms. The van der Waals surface area contributed by atoms with Crippen molar-refractivity contribution in [3.8, 4) is 5.75 Å². The molecule has 5 nitrogen and oxygen atoms in total. The van der Waals surface area contributed by atoms with Crippen molar-refractivity contribution < 1.29 is 4.74 Å². The van der Waals surface area contributed by atoms with E-state index >= 15 is 0 Å². The van der Waals surface area contributed by atoms with Crippen LogP contribution in [-0.4, -0.2) is 9.55 Å². The summed E-state index contributed by atoms with van der Waals surface area (Å²) < 4.78 is 7.37. The third kappa shape index (κ3) is 5.38. The predicted molar refractivity (Wildman–Crippen MR) is 123 cm³/mol. The Morgan fingerprint density at radius 2 is 1.90 bits per heavy atom. The Balaban J connectivity index is 1.73. The molecule has 0 bridgehead atoms. The molecular formula is C25H29N3O2. The number of hydrogen-bond donors (Lipinski definition) is 1. The summed E-state index contributed by atoms with van der Waals surface area (Å²) in [6.45, 7) is 10.8. The first-order valence-electron chi connectivity index (χ1n) is 10.1. The van der Waals surface area contributed by atoms with E-state index in [1.54, 1.807) is 7.05 Å². The first-order chi connectivity index (χ1) is 14.3. The Kier molecular flexibility index (Phi) is 6.72. The standard InChI is InChI=1S/C25H29N3O2/c1-17(2)13-21-11-12-23(14-18(21)3)30-16-22-15-24(29)28(5)25(27-22)26-19(4)20-9-7-6-8-10-20/h6-12,14-15,17H,4,13,16H2,1-3,5H3,(H,26,27). The van der Waals surface area contributed by atoms with Crippen LogP contribution in [0.1, 0.15) is 36.2 Å². The number of nitrogens with zero attached hydrogens (tertiary/aromatic N) is 2. The van der Waals surface area contributed by atoms with Crippen LogP contribution in [0.3, 0.4) is 0 Å². The van der Waals surface area contributed by atoms with Gasteiger partial charge in [0.1, 0.15) is 12.4 Å². The maximum atomic E-state index is 12.4. The van der Waals surface area contributed by atoms with Crippen LogP contribution in [0.25, 0.3) is 5.70 Å². The molecule has 0 unspecified atom stereocenters. The van der Waals surface area contributed by atoms with Crippen molar-refractivity contribution in [2.45, 2.75) is 33.8 Å². The Morgan fingerprint density at radius 1 is 1.17 bits per heavy atom. The van der Waals surface area contributed by atoms with Gasteiger partial charge < -0.3 is 10.1 Å². The minimum atomic E-state index is -0.157. The molecule has 0 saturated carbocycles. The summed E-state index contributed by atoms with van der Waals surface area (Å²) in [4.78, 5) is 16.9. The average Bonchev–Trinajstić information content (AvgIpc) is 2.72. The molecule has 0 radical (unpaired) electrons. The number of rotatable bonds is 8. The van der Waals surface area contributed by atoms with E-state index in [0.29, 0.717) is 23.3 Å². The van der Waals surface area contributed by atoms with E-state index in [9.17, 15) is 4.79 Å². The molecule has 1 N–H and O–H groups in total. The van der Waals surface area contributed by atoms with Gasteiger partial charge in [0.2, 0.25) is 5.95 Å². The van der Waals surface area contributed by atoms with Gasteiger partial charge >= 0.3 is 0 Å². The molecule has 3 aromatic rings. The molecule has 3 rings (SSSR count). The van der Waals surface area contributed by atoms with Crippen LogP contribution in [-0.2, 0) is 20.1 Å². The van der Waals surface area contributed by atoms with Gasteiger partial charge in [0, 0.05) is 18.8 Å². The second kappa shape index (κ2) is 9.44. The lowest BCUT2D eigenvalue weighted by molar-refractivity contribution is 0.300. The highest BCUT2D eigenvalue weighted by molar-refractivity contribution is 5.72. The van der Waals surface area contributed by atoms with Crippen LogP contribution in [0.5, 0.6) is 5.75 Å². The Bertz CT molecular complexity index is 1090. The Labute approximate surface area is 178 Å². The van der Waals surface area contributed by atoms with Crippen LogP contribution in [0, 0.1) is 12.8 Å². The summed E-state index contributed by atoms with van der Waals surface area (Å²) in [5.74, 6) is 1.81. The quantitative estimate of drug-likeness (QED) is 0.578. The van der Waals surface area contributed by atoms with Crippen LogP contribution < -0.4 is 15.6 Å². The number of aromatic nitrogens is 2. The molecule has 0 saturated heterocycles. The fourth-order valence-electron chi connectivity index (χ4n) is 3.20. The van der Waals surface area contributed by atoms with Crippen molar-refractivity contribution in [2.24, 2.45) is 13.0 Å². The van der Waals surface area contributed by atoms with Gasteiger partial charge in [0.05, 0.1) is 5.69 Å². The first-order valence-corrected chi connectivity index (χ1v) is 10.1. The van der Waals surface area contributed by atoms with Gasteiger partial charge in [-0.3, -0.25) is 9.36 Å². The molecule has 0 aliphatic rings. The van der Waals surface area contributed by atoms with Gasteiger partial charge in [0.25, 0.3) is 5.56 Å². The zero-order chi connectivity index (χ0) is 21.7. The fourth-order valence-corrected chi connectivity index (χ4v) is 3.20. The summed E-state index contributed by atoms with van der Waals surface area (Å²) in [5, 5.41) is 3.14. The molecule has 5 heteroatoms. The number of nitrogens with one attached hydrogen (secondary N) is 1. The number of hydrogen-bond acceptors (Lipinski definition) is 4. The lowest BCUT2D eigenvalue weighted by Crippen LogP contribution is -2.22. The molecule has 156 valence electrons. The molecule has 0 atom stereocenters.